The molecule has 26 heavy (non-hydrogen) atoms. The first-order valence-electron chi connectivity index (χ1n) is 8.41. The van der Waals surface area contributed by atoms with Gasteiger partial charge in [-0.25, -0.2) is 0 Å². The normalized spacial score (nSPS) is 10.3. The van der Waals surface area contributed by atoms with Crippen molar-refractivity contribution in [2.45, 2.75) is 39.7 Å². The molecule has 7 nitrogen and oxygen atoms in total. The molecule has 1 aromatic carbocycles. The van der Waals surface area contributed by atoms with Crippen LogP contribution in [0.5, 0.6) is 11.5 Å². The minimum Gasteiger partial charge on any atom is -0.497 e. The van der Waals surface area contributed by atoms with Crippen LogP contribution in [0.3, 0.4) is 0 Å². The molecule has 0 aliphatic rings. The van der Waals surface area contributed by atoms with Gasteiger partial charge in [0.2, 0.25) is 5.91 Å². The van der Waals surface area contributed by atoms with Crippen molar-refractivity contribution in [1.82, 2.24) is 9.78 Å². The summed E-state index contributed by atoms with van der Waals surface area (Å²) in [4.78, 5) is 12.4. The maximum atomic E-state index is 12.4. The molecule has 0 saturated carbocycles. The van der Waals surface area contributed by atoms with Gasteiger partial charge in [-0.05, 0) is 38.0 Å². The molecule has 1 heterocycles. The molecule has 1 aromatic heterocycles. The Hall–Kier alpha value is -3.01. The number of carbonyl (C=O) groups excluding carboxylic acids is 1. The molecule has 1 amide bonds. The van der Waals surface area contributed by atoms with Gasteiger partial charge in [0.15, 0.2) is 0 Å². The van der Waals surface area contributed by atoms with Crippen LogP contribution < -0.4 is 14.8 Å². The third-order valence-electron chi connectivity index (χ3n) is 4.25. The van der Waals surface area contributed by atoms with E-state index >= 15 is 0 Å². The van der Waals surface area contributed by atoms with E-state index in [1.807, 2.05) is 18.5 Å². The summed E-state index contributed by atoms with van der Waals surface area (Å²) in [5.74, 6) is 1.11. The summed E-state index contributed by atoms with van der Waals surface area (Å²) in [6.07, 6.45) is 1.33. The van der Waals surface area contributed by atoms with Crippen molar-refractivity contribution in [3.63, 3.8) is 0 Å². The molecule has 2 rings (SSSR count). The van der Waals surface area contributed by atoms with Crippen molar-refractivity contribution >= 4 is 11.6 Å². The van der Waals surface area contributed by atoms with E-state index in [2.05, 4.69) is 16.5 Å². The molecule has 138 valence electrons. The highest BCUT2D eigenvalue weighted by atomic mass is 16.5. The lowest BCUT2D eigenvalue weighted by Crippen LogP contribution is -2.13. The Morgan fingerprint density at radius 1 is 1.31 bits per heavy atom. The second-order valence-corrected chi connectivity index (χ2v) is 5.90. The summed E-state index contributed by atoms with van der Waals surface area (Å²) in [5, 5.41) is 16.1. The molecule has 2 aromatic rings. The molecule has 7 heteroatoms. The summed E-state index contributed by atoms with van der Waals surface area (Å²) in [6.45, 7) is 4.46. The summed E-state index contributed by atoms with van der Waals surface area (Å²) in [7, 11) is 3.13. The van der Waals surface area contributed by atoms with Crippen molar-refractivity contribution in [3.05, 3.63) is 35.2 Å². The van der Waals surface area contributed by atoms with Crippen LogP contribution in [-0.2, 0) is 17.8 Å². The zero-order chi connectivity index (χ0) is 19.1. The van der Waals surface area contributed by atoms with Crippen LogP contribution in [0.25, 0.3) is 0 Å². The number of hydrogen-bond donors (Lipinski definition) is 1. The number of nitrogens with zero attached hydrogens (tertiary/aromatic N) is 3. The topological polar surface area (TPSA) is 89.2 Å². The number of carbonyl (C=O) groups is 1. The van der Waals surface area contributed by atoms with Gasteiger partial charge in [-0.1, -0.05) is 0 Å². The minimum atomic E-state index is -0.111. The first kappa shape index (κ1) is 19.3. The van der Waals surface area contributed by atoms with E-state index in [-0.39, 0.29) is 5.91 Å². The molecular weight excluding hydrogens is 332 g/mol. The van der Waals surface area contributed by atoms with Crippen molar-refractivity contribution in [2.24, 2.45) is 0 Å². The van der Waals surface area contributed by atoms with Crippen LogP contribution >= 0.6 is 0 Å². The van der Waals surface area contributed by atoms with Gasteiger partial charge in [0.05, 0.1) is 44.6 Å². The molecule has 0 radical (unpaired) electrons. The number of benzene rings is 1. The van der Waals surface area contributed by atoms with E-state index in [4.69, 9.17) is 14.7 Å². The van der Waals surface area contributed by atoms with Crippen molar-refractivity contribution in [3.8, 4) is 17.6 Å². The predicted molar refractivity (Wildman–Crippen MR) is 98.4 cm³/mol. The number of aromatic nitrogens is 2. The van der Waals surface area contributed by atoms with E-state index in [1.54, 1.807) is 32.4 Å². The summed E-state index contributed by atoms with van der Waals surface area (Å²) in [6, 6.07) is 7.38. The summed E-state index contributed by atoms with van der Waals surface area (Å²) >= 11 is 0. The maximum absolute atomic E-state index is 12.4. The number of hydrogen-bond acceptors (Lipinski definition) is 5. The Bertz CT molecular complexity index is 821. The van der Waals surface area contributed by atoms with Gasteiger partial charge in [0.25, 0.3) is 0 Å². The number of anilines is 1. The van der Waals surface area contributed by atoms with Gasteiger partial charge in [-0.15, -0.1) is 0 Å². The summed E-state index contributed by atoms with van der Waals surface area (Å²) in [5.41, 5.74) is 3.53. The monoisotopic (exact) mass is 356 g/mol. The number of rotatable bonds is 8. The van der Waals surface area contributed by atoms with Gasteiger partial charge in [-0.3, -0.25) is 9.48 Å². The average molecular weight is 356 g/mol. The smallest absolute Gasteiger partial charge is 0.224 e. The van der Waals surface area contributed by atoms with Crippen LogP contribution in [-0.4, -0.2) is 29.9 Å². The zero-order valence-electron chi connectivity index (χ0n) is 15.6. The number of ether oxygens (including phenoxy) is 2. The van der Waals surface area contributed by atoms with E-state index in [0.29, 0.717) is 43.0 Å². The summed E-state index contributed by atoms with van der Waals surface area (Å²) < 4.78 is 12.3. The lowest BCUT2D eigenvalue weighted by molar-refractivity contribution is -0.116. The largest absolute Gasteiger partial charge is 0.497 e. The lowest BCUT2D eigenvalue weighted by Gasteiger charge is -2.12. The van der Waals surface area contributed by atoms with Gasteiger partial charge < -0.3 is 14.8 Å². The van der Waals surface area contributed by atoms with Crippen molar-refractivity contribution in [1.29, 1.82) is 5.26 Å². The van der Waals surface area contributed by atoms with E-state index in [0.717, 1.165) is 17.0 Å². The predicted octanol–water partition coefficient (Wildman–Crippen LogP) is 3.00. The number of nitriles is 1. The Morgan fingerprint density at radius 3 is 2.73 bits per heavy atom. The van der Waals surface area contributed by atoms with Gasteiger partial charge in [-0.2, -0.15) is 10.4 Å². The fourth-order valence-corrected chi connectivity index (χ4v) is 2.83. The molecular formula is C19H24N4O3. The van der Waals surface area contributed by atoms with Crippen LogP contribution in [0.1, 0.15) is 29.8 Å². The molecule has 0 saturated heterocycles. The fourth-order valence-electron chi connectivity index (χ4n) is 2.83. The molecule has 0 unspecified atom stereocenters. The quantitative estimate of drug-likeness (QED) is 0.785. The number of aryl methyl sites for hydroxylation is 2. The highest BCUT2D eigenvalue weighted by Crippen LogP contribution is 2.29. The van der Waals surface area contributed by atoms with E-state index in [9.17, 15) is 4.79 Å². The zero-order valence-corrected chi connectivity index (χ0v) is 15.6. The van der Waals surface area contributed by atoms with Crippen LogP contribution in [0, 0.1) is 25.2 Å². The third-order valence-corrected chi connectivity index (χ3v) is 4.25. The molecule has 0 spiro atoms. The molecule has 0 aliphatic carbocycles. The highest BCUT2D eigenvalue weighted by molar-refractivity contribution is 5.92. The second-order valence-electron chi connectivity index (χ2n) is 5.90. The first-order valence-corrected chi connectivity index (χ1v) is 8.41. The van der Waals surface area contributed by atoms with E-state index < -0.39 is 0 Å². The lowest BCUT2D eigenvalue weighted by atomic mass is 10.1. The standard InChI is InChI=1S/C19H24N4O3/c1-13-16(14(2)23(22-13)11-5-10-20)7-9-19(24)21-17-12-15(25-3)6-8-18(17)26-4/h6,8,12H,5,7,9,11H2,1-4H3,(H,21,24). The van der Waals surface area contributed by atoms with Crippen molar-refractivity contribution in [2.75, 3.05) is 19.5 Å². The number of methoxy groups -OCH3 is 2. The molecule has 1 N–H and O–H groups in total. The van der Waals surface area contributed by atoms with E-state index in [1.165, 1.54) is 0 Å². The molecule has 0 aliphatic heterocycles. The van der Waals surface area contributed by atoms with Gasteiger partial charge in [0.1, 0.15) is 11.5 Å². The fraction of sp³-hybridized carbons (Fsp3) is 0.421. The maximum Gasteiger partial charge on any atom is 0.224 e. The van der Waals surface area contributed by atoms with Crippen LogP contribution in [0.15, 0.2) is 18.2 Å². The molecule has 0 atom stereocenters. The Labute approximate surface area is 153 Å². The Balaban J connectivity index is 2.04. The number of amides is 1. The molecule has 0 fully saturated rings. The first-order chi connectivity index (χ1) is 12.5. The molecule has 0 bridgehead atoms. The minimum absolute atomic E-state index is 0.111. The van der Waals surface area contributed by atoms with Gasteiger partial charge in [0, 0.05) is 18.2 Å². The number of nitrogens with one attached hydrogen (secondary N) is 1. The SMILES string of the molecule is COc1ccc(OC)c(NC(=O)CCc2c(C)nn(CCC#N)c2C)c1. The van der Waals surface area contributed by atoms with Crippen LogP contribution in [0.4, 0.5) is 5.69 Å². The second kappa shape index (κ2) is 8.90. The van der Waals surface area contributed by atoms with Crippen molar-refractivity contribution < 1.29 is 14.3 Å². The van der Waals surface area contributed by atoms with Gasteiger partial charge >= 0.3 is 0 Å². The Kier molecular flexibility index (Phi) is 6.61. The highest BCUT2D eigenvalue weighted by Gasteiger charge is 2.14. The average Bonchev–Trinajstić information content (AvgIpc) is 2.91. The Morgan fingerprint density at radius 2 is 2.08 bits per heavy atom. The third kappa shape index (κ3) is 4.54. The van der Waals surface area contributed by atoms with Crippen LogP contribution in [0.2, 0.25) is 0 Å².